The van der Waals surface area contributed by atoms with Crippen LogP contribution in [0.25, 0.3) is 11.0 Å². The lowest BCUT2D eigenvalue weighted by Crippen LogP contribution is -2.04. The van der Waals surface area contributed by atoms with Gasteiger partial charge in [0.25, 0.3) is 0 Å². The molecular weight excluding hydrogens is 312 g/mol. The van der Waals surface area contributed by atoms with Crippen molar-refractivity contribution in [1.82, 2.24) is 14.5 Å². The SMILES string of the molecule is Cc1nc(Cn2c(N)nc3ccc(Br)cc32)cs1. The molecule has 0 aliphatic carbocycles. The first kappa shape index (κ1) is 11.7. The lowest BCUT2D eigenvalue weighted by atomic mass is 10.3. The number of benzene rings is 1. The van der Waals surface area contributed by atoms with Gasteiger partial charge in [-0.25, -0.2) is 9.97 Å². The topological polar surface area (TPSA) is 56.7 Å². The summed E-state index contributed by atoms with van der Waals surface area (Å²) in [4.78, 5) is 8.81. The fourth-order valence-electron chi connectivity index (χ4n) is 1.92. The van der Waals surface area contributed by atoms with Gasteiger partial charge in [0, 0.05) is 9.85 Å². The van der Waals surface area contributed by atoms with Gasteiger partial charge >= 0.3 is 0 Å². The summed E-state index contributed by atoms with van der Waals surface area (Å²) in [5.74, 6) is 0.522. The van der Waals surface area contributed by atoms with Gasteiger partial charge in [-0.15, -0.1) is 11.3 Å². The van der Waals surface area contributed by atoms with Gasteiger partial charge in [-0.1, -0.05) is 15.9 Å². The second-order valence-corrected chi connectivity index (χ2v) is 6.02. The molecule has 0 fully saturated rings. The zero-order valence-electron chi connectivity index (χ0n) is 9.72. The van der Waals surface area contributed by atoms with E-state index in [4.69, 9.17) is 5.73 Å². The van der Waals surface area contributed by atoms with Crippen molar-refractivity contribution in [3.63, 3.8) is 0 Å². The van der Waals surface area contributed by atoms with Crippen LogP contribution < -0.4 is 5.73 Å². The Labute approximate surface area is 117 Å². The molecule has 0 saturated heterocycles. The minimum Gasteiger partial charge on any atom is -0.369 e. The molecule has 0 bridgehead atoms. The fraction of sp³-hybridized carbons (Fsp3) is 0.167. The van der Waals surface area contributed by atoms with Crippen molar-refractivity contribution in [3.8, 4) is 0 Å². The molecule has 2 aromatic heterocycles. The first-order chi connectivity index (χ1) is 8.63. The lowest BCUT2D eigenvalue weighted by molar-refractivity contribution is 0.813. The standard InChI is InChI=1S/C12H11BrN4S/c1-7-15-9(6-18-7)5-17-11-4-8(13)2-3-10(11)16-12(17)14/h2-4,6H,5H2,1H3,(H2,14,16). The Bertz CT molecular complexity index is 716. The Morgan fingerprint density at radius 3 is 2.94 bits per heavy atom. The number of aryl methyl sites for hydroxylation is 1. The molecule has 0 amide bonds. The summed E-state index contributed by atoms with van der Waals surface area (Å²) in [7, 11) is 0. The first-order valence-corrected chi connectivity index (χ1v) is 7.13. The molecule has 0 spiro atoms. The zero-order valence-corrected chi connectivity index (χ0v) is 12.1. The van der Waals surface area contributed by atoms with Crippen LogP contribution in [-0.4, -0.2) is 14.5 Å². The van der Waals surface area contributed by atoms with E-state index in [1.165, 1.54) is 0 Å². The van der Waals surface area contributed by atoms with Crippen molar-refractivity contribution in [2.24, 2.45) is 0 Å². The van der Waals surface area contributed by atoms with Crippen LogP contribution in [0.4, 0.5) is 5.95 Å². The maximum Gasteiger partial charge on any atom is 0.201 e. The Kier molecular flexibility index (Phi) is 2.83. The summed E-state index contributed by atoms with van der Waals surface area (Å²) < 4.78 is 3.00. The number of nitrogen functional groups attached to an aromatic ring is 1. The third kappa shape index (κ3) is 2.02. The highest BCUT2D eigenvalue weighted by Gasteiger charge is 2.10. The number of thiazole rings is 1. The third-order valence-corrected chi connectivity index (χ3v) is 4.04. The number of halogens is 1. The van der Waals surface area contributed by atoms with Crippen molar-refractivity contribution in [2.45, 2.75) is 13.5 Å². The highest BCUT2D eigenvalue weighted by molar-refractivity contribution is 9.10. The van der Waals surface area contributed by atoms with Crippen LogP contribution in [0, 0.1) is 6.92 Å². The number of nitrogens with two attached hydrogens (primary N) is 1. The van der Waals surface area contributed by atoms with Gasteiger partial charge in [-0.3, -0.25) is 0 Å². The smallest absolute Gasteiger partial charge is 0.201 e. The van der Waals surface area contributed by atoms with Crippen molar-refractivity contribution in [3.05, 3.63) is 38.8 Å². The molecule has 2 heterocycles. The fourth-order valence-corrected chi connectivity index (χ4v) is 2.88. The molecule has 6 heteroatoms. The van der Waals surface area contributed by atoms with E-state index >= 15 is 0 Å². The largest absolute Gasteiger partial charge is 0.369 e. The number of rotatable bonds is 2. The van der Waals surface area contributed by atoms with Gasteiger partial charge in [0.05, 0.1) is 28.3 Å². The Balaban J connectivity index is 2.10. The number of fused-ring (bicyclic) bond motifs is 1. The summed E-state index contributed by atoms with van der Waals surface area (Å²) in [6.07, 6.45) is 0. The lowest BCUT2D eigenvalue weighted by Gasteiger charge is -2.04. The van der Waals surface area contributed by atoms with Crippen molar-refractivity contribution < 1.29 is 0 Å². The van der Waals surface area contributed by atoms with Crippen LogP contribution >= 0.6 is 27.3 Å². The van der Waals surface area contributed by atoms with Crippen molar-refractivity contribution >= 4 is 44.2 Å². The highest BCUT2D eigenvalue weighted by Crippen LogP contribution is 2.23. The average molecular weight is 323 g/mol. The van der Waals surface area contributed by atoms with Crippen LogP contribution in [0.1, 0.15) is 10.7 Å². The van der Waals surface area contributed by atoms with Crippen molar-refractivity contribution in [1.29, 1.82) is 0 Å². The third-order valence-electron chi connectivity index (χ3n) is 2.73. The molecule has 18 heavy (non-hydrogen) atoms. The van der Waals surface area contributed by atoms with Crippen LogP contribution in [0.3, 0.4) is 0 Å². The highest BCUT2D eigenvalue weighted by atomic mass is 79.9. The maximum atomic E-state index is 5.97. The quantitative estimate of drug-likeness (QED) is 0.788. The molecule has 0 radical (unpaired) electrons. The minimum atomic E-state index is 0.522. The molecule has 0 unspecified atom stereocenters. The van der Waals surface area contributed by atoms with Crippen molar-refractivity contribution in [2.75, 3.05) is 5.73 Å². The molecule has 0 aliphatic rings. The summed E-state index contributed by atoms with van der Waals surface area (Å²) >= 11 is 5.12. The van der Waals surface area contributed by atoms with Gasteiger partial charge in [0.15, 0.2) is 0 Å². The summed E-state index contributed by atoms with van der Waals surface area (Å²) in [5, 5.41) is 3.12. The predicted molar refractivity (Wildman–Crippen MR) is 77.8 cm³/mol. The van der Waals surface area contributed by atoms with Gasteiger partial charge in [0.2, 0.25) is 5.95 Å². The number of aromatic nitrogens is 3. The van der Waals surface area contributed by atoms with Gasteiger partial charge in [-0.2, -0.15) is 0 Å². The Hall–Kier alpha value is -1.40. The summed E-state index contributed by atoms with van der Waals surface area (Å²) in [6.45, 7) is 2.66. The van der Waals surface area contributed by atoms with E-state index in [2.05, 4.69) is 31.3 Å². The second-order valence-electron chi connectivity index (χ2n) is 4.05. The molecule has 1 aromatic carbocycles. The minimum absolute atomic E-state index is 0.522. The average Bonchev–Trinajstić information content (AvgIpc) is 2.86. The first-order valence-electron chi connectivity index (χ1n) is 5.46. The molecule has 92 valence electrons. The molecule has 3 rings (SSSR count). The van der Waals surface area contributed by atoms with E-state index in [9.17, 15) is 0 Å². The Morgan fingerprint density at radius 1 is 1.39 bits per heavy atom. The molecule has 2 N–H and O–H groups in total. The van der Waals surface area contributed by atoms with Gasteiger partial charge in [-0.05, 0) is 25.1 Å². The molecule has 0 saturated carbocycles. The van der Waals surface area contributed by atoms with Gasteiger partial charge in [0.1, 0.15) is 0 Å². The van der Waals surface area contributed by atoms with Crippen LogP contribution in [0.2, 0.25) is 0 Å². The summed E-state index contributed by atoms with van der Waals surface area (Å²) in [6, 6.07) is 5.95. The zero-order chi connectivity index (χ0) is 12.7. The molecule has 3 aromatic rings. The maximum absolute atomic E-state index is 5.97. The molecular formula is C12H11BrN4S. The van der Waals surface area contributed by atoms with E-state index in [-0.39, 0.29) is 0 Å². The number of hydrogen-bond acceptors (Lipinski definition) is 4. The van der Waals surface area contributed by atoms with E-state index in [0.717, 1.165) is 26.2 Å². The van der Waals surface area contributed by atoms with Gasteiger partial charge < -0.3 is 10.3 Å². The second kappa shape index (κ2) is 4.37. The number of imidazole rings is 1. The number of nitrogens with zero attached hydrogens (tertiary/aromatic N) is 3. The molecule has 0 atom stereocenters. The number of hydrogen-bond donors (Lipinski definition) is 1. The van der Waals surface area contributed by atoms with E-state index in [0.29, 0.717) is 12.5 Å². The molecule has 0 aliphatic heterocycles. The monoisotopic (exact) mass is 322 g/mol. The van der Waals surface area contributed by atoms with E-state index in [1.807, 2.05) is 29.7 Å². The van der Waals surface area contributed by atoms with Crippen LogP contribution in [0.5, 0.6) is 0 Å². The Morgan fingerprint density at radius 2 is 2.22 bits per heavy atom. The van der Waals surface area contributed by atoms with Crippen LogP contribution in [-0.2, 0) is 6.54 Å². The normalized spacial score (nSPS) is 11.2. The predicted octanol–water partition coefficient (Wildman–Crippen LogP) is 3.19. The van der Waals surface area contributed by atoms with Crippen LogP contribution in [0.15, 0.2) is 28.1 Å². The van der Waals surface area contributed by atoms with E-state index in [1.54, 1.807) is 11.3 Å². The summed E-state index contributed by atoms with van der Waals surface area (Å²) in [5.41, 5.74) is 8.91. The number of anilines is 1. The van der Waals surface area contributed by atoms with E-state index < -0.39 is 0 Å². The molecule has 4 nitrogen and oxygen atoms in total.